The first-order chi connectivity index (χ1) is 15.2. The van der Waals surface area contributed by atoms with Gasteiger partial charge in [-0.15, -0.1) is 0 Å². The molecule has 1 N–H and O–H groups in total. The Morgan fingerprint density at radius 1 is 1.16 bits per heavy atom. The number of hydrogen-bond donors (Lipinski definition) is 1. The van der Waals surface area contributed by atoms with Gasteiger partial charge in [-0.3, -0.25) is 4.79 Å². The average Bonchev–Trinajstić information content (AvgIpc) is 2.75. The highest BCUT2D eigenvalue weighted by Gasteiger charge is 2.27. The minimum Gasteiger partial charge on any atom is -0.497 e. The van der Waals surface area contributed by atoms with Gasteiger partial charge in [0.05, 0.1) is 26.7 Å². The molecule has 0 radical (unpaired) electrons. The fraction of sp³-hybridized carbons (Fsp3) is 0.500. The van der Waals surface area contributed by atoms with E-state index in [2.05, 4.69) is 19.1 Å². The molecule has 0 amide bonds. The van der Waals surface area contributed by atoms with Gasteiger partial charge in [-0.2, -0.15) is 0 Å². The first-order valence-electron chi connectivity index (χ1n) is 11.3. The highest BCUT2D eigenvalue weighted by atomic mass is 16.6. The molecule has 0 bridgehead atoms. The first kappa shape index (κ1) is 24.1. The molecule has 1 aliphatic heterocycles. The number of morpholine rings is 1. The quantitative estimate of drug-likeness (QED) is 0.636. The van der Waals surface area contributed by atoms with E-state index in [-0.39, 0.29) is 12.1 Å². The lowest BCUT2D eigenvalue weighted by atomic mass is 10.0. The molecule has 1 aliphatic rings. The van der Waals surface area contributed by atoms with Crippen LogP contribution in [0.2, 0.25) is 0 Å². The van der Waals surface area contributed by atoms with Gasteiger partial charge in [-0.1, -0.05) is 18.2 Å². The van der Waals surface area contributed by atoms with E-state index < -0.39 is 5.60 Å². The summed E-state index contributed by atoms with van der Waals surface area (Å²) in [5.41, 5.74) is 2.94. The molecule has 1 saturated heterocycles. The zero-order valence-corrected chi connectivity index (χ0v) is 19.9. The number of benzene rings is 2. The number of aryl methyl sites for hydroxylation is 1. The van der Waals surface area contributed by atoms with Crippen molar-refractivity contribution in [1.29, 1.82) is 0 Å². The van der Waals surface area contributed by atoms with E-state index in [1.165, 1.54) is 10.5 Å². The number of esters is 1. The third-order valence-corrected chi connectivity index (χ3v) is 5.48. The highest BCUT2D eigenvalue weighted by molar-refractivity contribution is 5.69. The van der Waals surface area contributed by atoms with Gasteiger partial charge in [0.15, 0.2) is 0 Å². The van der Waals surface area contributed by atoms with Crippen LogP contribution in [0.25, 0.3) is 0 Å². The molecule has 6 nitrogen and oxygen atoms in total. The van der Waals surface area contributed by atoms with Crippen LogP contribution in [0.1, 0.15) is 50.0 Å². The molecular formula is C26H36NO5+. The van der Waals surface area contributed by atoms with Crippen LogP contribution in [0.4, 0.5) is 0 Å². The van der Waals surface area contributed by atoms with Gasteiger partial charge in [0.25, 0.3) is 0 Å². The second-order valence-corrected chi connectivity index (χ2v) is 9.31. The molecule has 0 aliphatic carbocycles. The molecule has 174 valence electrons. The zero-order chi connectivity index (χ0) is 23.1. The van der Waals surface area contributed by atoms with Crippen molar-refractivity contribution < 1.29 is 28.6 Å². The zero-order valence-electron chi connectivity index (χ0n) is 19.9. The topological polar surface area (TPSA) is 58.4 Å². The van der Waals surface area contributed by atoms with E-state index in [0.29, 0.717) is 19.6 Å². The van der Waals surface area contributed by atoms with Crippen LogP contribution >= 0.6 is 0 Å². The minimum atomic E-state index is -0.437. The molecule has 0 aromatic heterocycles. The summed E-state index contributed by atoms with van der Waals surface area (Å²) < 4.78 is 22.8. The Morgan fingerprint density at radius 2 is 1.97 bits per heavy atom. The SMILES string of the molecule is COc1cccc(COc2ccc(C3C[NH+](CCC(=O)OC(C)(C)C)CCO3)c(C)c2)c1. The van der Waals surface area contributed by atoms with Crippen LogP contribution in [0.5, 0.6) is 11.5 Å². The number of carbonyl (C=O) groups is 1. The number of quaternary nitrogens is 1. The van der Waals surface area contributed by atoms with E-state index in [1.807, 2.05) is 51.1 Å². The number of hydrogen-bond acceptors (Lipinski definition) is 5. The molecule has 2 aromatic carbocycles. The predicted molar refractivity (Wildman–Crippen MR) is 123 cm³/mol. The van der Waals surface area contributed by atoms with Gasteiger partial charge in [0.2, 0.25) is 0 Å². The standard InChI is InChI=1S/C26H35NO5/c1-19-15-22(31-18-20-7-6-8-21(16-20)29-5)9-10-23(19)24-17-27(13-14-30-24)12-11-25(28)32-26(2,3)4/h6-10,15-16,24H,11-14,17-18H2,1-5H3/p+1. The van der Waals surface area contributed by atoms with Crippen molar-refractivity contribution in [2.75, 3.05) is 33.4 Å². The van der Waals surface area contributed by atoms with Crippen LogP contribution in [0.3, 0.4) is 0 Å². The van der Waals surface area contributed by atoms with Gasteiger partial charge >= 0.3 is 5.97 Å². The normalized spacial score (nSPS) is 18.8. The van der Waals surface area contributed by atoms with Crippen LogP contribution < -0.4 is 14.4 Å². The summed E-state index contributed by atoms with van der Waals surface area (Å²) in [7, 11) is 1.66. The van der Waals surface area contributed by atoms with Gasteiger partial charge in [0.1, 0.15) is 42.9 Å². The average molecular weight is 443 g/mol. The van der Waals surface area contributed by atoms with Gasteiger partial charge in [0, 0.05) is 0 Å². The monoisotopic (exact) mass is 442 g/mol. The summed E-state index contributed by atoms with van der Waals surface area (Å²) >= 11 is 0. The van der Waals surface area contributed by atoms with Crippen LogP contribution in [0.15, 0.2) is 42.5 Å². The Kier molecular flexibility index (Phi) is 8.15. The summed E-state index contributed by atoms with van der Waals surface area (Å²) in [5, 5.41) is 0. The summed E-state index contributed by atoms with van der Waals surface area (Å²) in [5.74, 6) is 1.52. The summed E-state index contributed by atoms with van der Waals surface area (Å²) in [6.45, 7) is 11.5. The largest absolute Gasteiger partial charge is 0.497 e. The summed E-state index contributed by atoms with van der Waals surface area (Å²) in [6.07, 6.45) is 0.444. The Labute approximate surface area is 191 Å². The minimum absolute atomic E-state index is 0.0184. The Bertz CT molecular complexity index is 905. The first-order valence-corrected chi connectivity index (χ1v) is 11.3. The van der Waals surface area contributed by atoms with Crippen LogP contribution in [0, 0.1) is 6.92 Å². The lowest BCUT2D eigenvalue weighted by Crippen LogP contribution is -3.14. The molecule has 0 spiro atoms. The molecule has 32 heavy (non-hydrogen) atoms. The number of nitrogens with one attached hydrogen (secondary N) is 1. The maximum Gasteiger partial charge on any atom is 0.312 e. The van der Waals surface area contributed by atoms with Crippen molar-refractivity contribution in [3.05, 3.63) is 59.2 Å². The lowest BCUT2D eigenvalue weighted by molar-refractivity contribution is -0.912. The maximum atomic E-state index is 12.1. The molecule has 1 heterocycles. The fourth-order valence-electron chi connectivity index (χ4n) is 3.90. The second-order valence-electron chi connectivity index (χ2n) is 9.31. The molecule has 0 saturated carbocycles. The van der Waals surface area contributed by atoms with E-state index in [9.17, 15) is 4.79 Å². The van der Waals surface area contributed by atoms with Crippen LogP contribution in [-0.2, 0) is 20.9 Å². The Hall–Kier alpha value is -2.57. The third-order valence-electron chi connectivity index (χ3n) is 5.48. The number of carbonyl (C=O) groups excluding carboxylic acids is 1. The van der Waals surface area contributed by atoms with Crippen molar-refractivity contribution in [2.45, 2.75) is 52.4 Å². The van der Waals surface area contributed by atoms with Crippen LogP contribution in [-0.4, -0.2) is 44.9 Å². The number of ether oxygens (including phenoxy) is 4. The predicted octanol–water partition coefficient (Wildman–Crippen LogP) is 3.27. The van der Waals surface area contributed by atoms with E-state index in [4.69, 9.17) is 18.9 Å². The van der Waals surface area contributed by atoms with Gasteiger partial charge in [-0.05, 0) is 68.7 Å². The van der Waals surface area contributed by atoms with Crippen molar-refractivity contribution in [2.24, 2.45) is 0 Å². The van der Waals surface area contributed by atoms with Crippen molar-refractivity contribution in [3.63, 3.8) is 0 Å². The Morgan fingerprint density at radius 3 is 2.69 bits per heavy atom. The van der Waals surface area contributed by atoms with Gasteiger partial charge < -0.3 is 23.8 Å². The van der Waals surface area contributed by atoms with E-state index in [0.717, 1.165) is 42.3 Å². The Balaban J connectivity index is 1.55. The molecular weight excluding hydrogens is 406 g/mol. The maximum absolute atomic E-state index is 12.1. The molecule has 3 rings (SSSR count). The van der Waals surface area contributed by atoms with E-state index >= 15 is 0 Å². The van der Waals surface area contributed by atoms with E-state index in [1.54, 1.807) is 7.11 Å². The smallest absolute Gasteiger partial charge is 0.312 e. The number of methoxy groups -OCH3 is 1. The summed E-state index contributed by atoms with van der Waals surface area (Å²) in [4.78, 5) is 13.4. The van der Waals surface area contributed by atoms with Gasteiger partial charge in [-0.25, -0.2) is 0 Å². The lowest BCUT2D eigenvalue weighted by Gasteiger charge is -2.31. The molecule has 2 atom stereocenters. The van der Waals surface area contributed by atoms with Crippen molar-refractivity contribution >= 4 is 5.97 Å². The summed E-state index contributed by atoms with van der Waals surface area (Å²) in [6, 6.07) is 14.0. The highest BCUT2D eigenvalue weighted by Crippen LogP contribution is 2.26. The van der Waals surface area contributed by atoms with Crippen molar-refractivity contribution in [3.8, 4) is 11.5 Å². The molecule has 6 heteroatoms. The number of rotatable bonds is 8. The second kappa shape index (κ2) is 10.8. The molecule has 2 unspecified atom stereocenters. The van der Waals surface area contributed by atoms with Crippen molar-refractivity contribution in [1.82, 2.24) is 0 Å². The molecule has 1 fully saturated rings. The molecule has 2 aromatic rings. The fourth-order valence-corrected chi connectivity index (χ4v) is 3.90. The third kappa shape index (κ3) is 7.24.